The number of hydrogen-bond acceptors (Lipinski definition) is 8. The standard InChI is InChI=1S/C22H31ClN2O7/c1-27-17-13-25(6-4-18-29-7-8-30-18)5-3-14(17)12-24-22(26)15-11-16(23)20(28-2)21-19(15)31-9-10-32-21/h11,14,17-18H,3-10,12-13H2,1-2H3,(H,24,26)/t14-,17+/m0/s1. The second-order valence-electron chi connectivity index (χ2n) is 8.09. The normalized spacial score (nSPS) is 23.8. The zero-order valence-electron chi connectivity index (χ0n) is 18.6. The van der Waals surface area contributed by atoms with Gasteiger partial charge < -0.3 is 38.6 Å². The van der Waals surface area contributed by atoms with Crippen molar-refractivity contribution in [2.45, 2.75) is 25.2 Å². The van der Waals surface area contributed by atoms with Gasteiger partial charge in [-0.2, -0.15) is 0 Å². The summed E-state index contributed by atoms with van der Waals surface area (Å²) in [7, 11) is 3.22. The van der Waals surface area contributed by atoms with Crippen LogP contribution in [0.2, 0.25) is 5.02 Å². The lowest BCUT2D eigenvalue weighted by molar-refractivity contribution is -0.0607. The van der Waals surface area contributed by atoms with E-state index in [1.165, 1.54) is 7.11 Å². The molecule has 10 heteroatoms. The predicted molar refractivity (Wildman–Crippen MR) is 117 cm³/mol. The Kier molecular flexibility index (Phi) is 7.96. The topological polar surface area (TPSA) is 87.7 Å². The number of fused-ring (bicyclic) bond motifs is 1. The minimum Gasteiger partial charge on any atom is -0.491 e. The lowest BCUT2D eigenvalue weighted by atomic mass is 9.93. The molecule has 2 saturated heterocycles. The molecular formula is C22H31ClN2O7. The number of nitrogens with one attached hydrogen (secondary N) is 1. The van der Waals surface area contributed by atoms with E-state index in [2.05, 4.69) is 10.2 Å². The molecule has 0 aliphatic carbocycles. The maximum atomic E-state index is 13.0. The van der Waals surface area contributed by atoms with Crippen molar-refractivity contribution in [3.8, 4) is 17.2 Å². The number of halogens is 1. The molecule has 3 aliphatic rings. The molecule has 0 radical (unpaired) electrons. The summed E-state index contributed by atoms with van der Waals surface area (Å²) in [6.45, 7) is 5.23. The van der Waals surface area contributed by atoms with Crippen LogP contribution < -0.4 is 19.5 Å². The van der Waals surface area contributed by atoms with Crippen LogP contribution >= 0.6 is 11.6 Å². The average molecular weight is 471 g/mol. The Morgan fingerprint density at radius 1 is 1.19 bits per heavy atom. The Hall–Kier alpha value is -1.78. The number of amides is 1. The van der Waals surface area contributed by atoms with Gasteiger partial charge in [0, 0.05) is 39.1 Å². The van der Waals surface area contributed by atoms with Gasteiger partial charge in [-0.1, -0.05) is 11.6 Å². The van der Waals surface area contributed by atoms with E-state index >= 15 is 0 Å². The number of hydrogen-bond donors (Lipinski definition) is 1. The van der Waals surface area contributed by atoms with Gasteiger partial charge in [0.1, 0.15) is 13.2 Å². The summed E-state index contributed by atoms with van der Waals surface area (Å²) in [5.74, 6) is 1.06. The van der Waals surface area contributed by atoms with Crippen molar-refractivity contribution >= 4 is 17.5 Å². The molecule has 0 bridgehead atoms. The van der Waals surface area contributed by atoms with E-state index in [1.54, 1.807) is 13.2 Å². The third-order valence-corrected chi connectivity index (χ3v) is 6.43. The summed E-state index contributed by atoms with van der Waals surface area (Å²) >= 11 is 6.31. The number of likely N-dealkylation sites (tertiary alicyclic amines) is 1. The fourth-order valence-corrected chi connectivity index (χ4v) is 4.70. The predicted octanol–water partition coefficient (Wildman–Crippen LogP) is 1.95. The molecule has 0 spiro atoms. The molecule has 1 aromatic rings. The zero-order valence-corrected chi connectivity index (χ0v) is 19.3. The summed E-state index contributed by atoms with van der Waals surface area (Å²) in [6.07, 6.45) is 1.71. The quantitative estimate of drug-likeness (QED) is 0.617. The van der Waals surface area contributed by atoms with E-state index in [0.717, 1.165) is 32.5 Å². The largest absolute Gasteiger partial charge is 0.491 e. The van der Waals surface area contributed by atoms with Crippen molar-refractivity contribution in [1.82, 2.24) is 10.2 Å². The Morgan fingerprint density at radius 3 is 2.66 bits per heavy atom. The van der Waals surface area contributed by atoms with Crippen molar-refractivity contribution in [1.29, 1.82) is 0 Å². The molecule has 1 aromatic carbocycles. The van der Waals surface area contributed by atoms with Crippen molar-refractivity contribution in [2.75, 3.05) is 66.8 Å². The lowest BCUT2D eigenvalue weighted by Crippen LogP contribution is -2.49. The van der Waals surface area contributed by atoms with Crippen molar-refractivity contribution < 1.29 is 33.2 Å². The maximum absolute atomic E-state index is 13.0. The second kappa shape index (κ2) is 10.9. The number of methoxy groups -OCH3 is 2. The van der Waals surface area contributed by atoms with Gasteiger partial charge in [-0.05, 0) is 19.0 Å². The molecule has 4 rings (SSSR count). The average Bonchev–Trinajstić information content (AvgIpc) is 3.34. The Balaban J connectivity index is 1.34. The molecule has 0 aromatic heterocycles. The molecule has 2 atom stereocenters. The highest BCUT2D eigenvalue weighted by Crippen LogP contribution is 2.46. The van der Waals surface area contributed by atoms with Gasteiger partial charge in [0.05, 0.1) is 37.0 Å². The van der Waals surface area contributed by atoms with Crippen LogP contribution in [0.25, 0.3) is 0 Å². The number of ether oxygens (including phenoxy) is 6. The van der Waals surface area contributed by atoms with E-state index in [1.807, 2.05) is 0 Å². The van der Waals surface area contributed by atoms with Gasteiger partial charge in [-0.3, -0.25) is 4.79 Å². The molecule has 178 valence electrons. The van der Waals surface area contributed by atoms with Gasteiger partial charge in [-0.25, -0.2) is 0 Å². The third-order valence-electron chi connectivity index (χ3n) is 6.15. The summed E-state index contributed by atoms with van der Waals surface area (Å²) in [5, 5.41) is 3.33. The zero-order chi connectivity index (χ0) is 22.5. The number of piperidine rings is 1. The Bertz CT molecular complexity index is 803. The van der Waals surface area contributed by atoms with Crippen LogP contribution in [-0.2, 0) is 14.2 Å². The first-order chi connectivity index (χ1) is 15.6. The van der Waals surface area contributed by atoms with Crippen LogP contribution in [0.4, 0.5) is 0 Å². The van der Waals surface area contributed by atoms with E-state index in [0.29, 0.717) is 60.8 Å². The maximum Gasteiger partial charge on any atom is 0.255 e. The highest BCUT2D eigenvalue weighted by atomic mass is 35.5. The molecule has 0 saturated carbocycles. The van der Waals surface area contributed by atoms with Crippen LogP contribution in [0.1, 0.15) is 23.2 Å². The molecule has 3 heterocycles. The molecule has 1 N–H and O–H groups in total. The number of nitrogens with zero attached hydrogens (tertiary/aromatic N) is 1. The van der Waals surface area contributed by atoms with E-state index in [9.17, 15) is 4.79 Å². The first-order valence-electron chi connectivity index (χ1n) is 11.0. The molecule has 2 fully saturated rings. The van der Waals surface area contributed by atoms with Crippen LogP contribution in [-0.4, -0.2) is 90.0 Å². The highest BCUT2D eigenvalue weighted by Gasteiger charge is 2.32. The molecule has 9 nitrogen and oxygen atoms in total. The Morgan fingerprint density at radius 2 is 1.94 bits per heavy atom. The first-order valence-corrected chi connectivity index (χ1v) is 11.4. The van der Waals surface area contributed by atoms with Gasteiger partial charge >= 0.3 is 0 Å². The third kappa shape index (κ3) is 5.23. The summed E-state index contributed by atoms with van der Waals surface area (Å²) in [5.41, 5.74) is 0.341. The van der Waals surface area contributed by atoms with E-state index in [-0.39, 0.29) is 24.2 Å². The van der Waals surface area contributed by atoms with Crippen molar-refractivity contribution in [3.63, 3.8) is 0 Å². The lowest BCUT2D eigenvalue weighted by Gasteiger charge is -2.38. The van der Waals surface area contributed by atoms with E-state index < -0.39 is 0 Å². The van der Waals surface area contributed by atoms with Crippen molar-refractivity contribution in [3.05, 3.63) is 16.7 Å². The van der Waals surface area contributed by atoms with Gasteiger partial charge in [0.25, 0.3) is 5.91 Å². The van der Waals surface area contributed by atoms with Gasteiger partial charge in [0.15, 0.2) is 17.8 Å². The molecule has 0 unspecified atom stereocenters. The fraction of sp³-hybridized carbons (Fsp3) is 0.682. The number of carbonyl (C=O) groups excluding carboxylic acids is 1. The van der Waals surface area contributed by atoms with Gasteiger partial charge in [0.2, 0.25) is 5.75 Å². The van der Waals surface area contributed by atoms with Gasteiger partial charge in [-0.15, -0.1) is 0 Å². The molecular weight excluding hydrogens is 440 g/mol. The van der Waals surface area contributed by atoms with Crippen LogP contribution in [0.3, 0.4) is 0 Å². The summed E-state index contributed by atoms with van der Waals surface area (Å²) < 4.78 is 33.5. The summed E-state index contributed by atoms with van der Waals surface area (Å²) in [4.78, 5) is 15.4. The van der Waals surface area contributed by atoms with Crippen molar-refractivity contribution in [2.24, 2.45) is 5.92 Å². The smallest absolute Gasteiger partial charge is 0.255 e. The molecule has 1 amide bonds. The number of benzene rings is 1. The van der Waals surface area contributed by atoms with E-state index in [4.69, 9.17) is 40.0 Å². The monoisotopic (exact) mass is 470 g/mol. The minimum absolute atomic E-state index is 0.0300. The fourth-order valence-electron chi connectivity index (χ4n) is 4.43. The molecule has 32 heavy (non-hydrogen) atoms. The first kappa shape index (κ1) is 23.4. The van der Waals surface area contributed by atoms with Crippen LogP contribution in [0.5, 0.6) is 17.2 Å². The van der Waals surface area contributed by atoms with Crippen LogP contribution in [0, 0.1) is 5.92 Å². The molecule has 3 aliphatic heterocycles. The summed E-state index contributed by atoms with van der Waals surface area (Å²) in [6, 6.07) is 1.56. The van der Waals surface area contributed by atoms with Crippen LogP contribution in [0.15, 0.2) is 6.07 Å². The SMILES string of the molecule is COc1c(Cl)cc(C(=O)NC[C@@H]2CCN(CCC3OCCO3)C[C@H]2OC)c2c1OCCO2. The number of rotatable bonds is 8. The Labute approximate surface area is 193 Å². The minimum atomic E-state index is -0.260. The second-order valence-corrected chi connectivity index (χ2v) is 8.49. The highest BCUT2D eigenvalue weighted by molar-refractivity contribution is 6.33. The number of carbonyl (C=O) groups is 1.